The number of anilines is 1. The van der Waals surface area contributed by atoms with Gasteiger partial charge in [-0.25, -0.2) is 4.79 Å². The van der Waals surface area contributed by atoms with Gasteiger partial charge < -0.3 is 14.7 Å². The third-order valence-corrected chi connectivity index (χ3v) is 6.69. The van der Waals surface area contributed by atoms with Gasteiger partial charge in [-0.3, -0.25) is 14.7 Å². The summed E-state index contributed by atoms with van der Waals surface area (Å²) in [5.74, 6) is -0.237. The molecule has 1 amide bonds. The highest BCUT2D eigenvalue weighted by Gasteiger charge is 2.23. The number of para-hydroxylation sites is 1. The lowest BCUT2D eigenvalue weighted by Crippen LogP contribution is -2.34. The van der Waals surface area contributed by atoms with Crippen LogP contribution in [0.15, 0.2) is 67.0 Å². The van der Waals surface area contributed by atoms with Crippen molar-refractivity contribution in [2.45, 2.75) is 52.1 Å². The van der Waals surface area contributed by atoms with Crippen LogP contribution in [0.25, 0.3) is 0 Å². The second-order valence-electron chi connectivity index (χ2n) is 9.37. The lowest BCUT2D eigenvalue weighted by atomic mass is 10.0. The summed E-state index contributed by atoms with van der Waals surface area (Å²) in [6.45, 7) is 5.20. The molecule has 7 nitrogen and oxygen atoms in total. The molecule has 37 heavy (non-hydrogen) atoms. The molecule has 2 aromatic carbocycles. The molecule has 0 saturated carbocycles. The molecule has 4 rings (SSSR count). The third-order valence-electron chi connectivity index (χ3n) is 6.69. The Bertz CT molecular complexity index is 1200. The van der Waals surface area contributed by atoms with Gasteiger partial charge in [-0.15, -0.1) is 0 Å². The molecule has 0 aliphatic carbocycles. The zero-order valence-corrected chi connectivity index (χ0v) is 21.4. The van der Waals surface area contributed by atoms with Gasteiger partial charge in [0.05, 0.1) is 17.7 Å². The fourth-order valence-corrected chi connectivity index (χ4v) is 4.85. The van der Waals surface area contributed by atoms with Crippen LogP contribution in [0.5, 0.6) is 5.75 Å². The third kappa shape index (κ3) is 6.95. The molecule has 0 saturated heterocycles. The van der Waals surface area contributed by atoms with E-state index in [2.05, 4.69) is 16.0 Å². The molecule has 0 atom stereocenters. The Morgan fingerprint density at radius 1 is 0.946 bits per heavy atom. The standard InChI is InChI=1S/C30H35N3O4/c1-2-37-28-13-7-6-11-25(28)21-32-17-8-4-3-5-9-18-33(29(34)24-12-10-16-31-20-24)27-15-14-23(30(35)36)19-26(27)22-32/h6-7,10-16,19-20H,2-5,8-9,17-18,21-22H2,1H3,(H,35,36). The highest BCUT2D eigenvalue weighted by Crippen LogP contribution is 2.29. The summed E-state index contributed by atoms with van der Waals surface area (Å²) < 4.78 is 5.87. The van der Waals surface area contributed by atoms with E-state index in [9.17, 15) is 14.7 Å². The minimum atomic E-state index is -0.979. The highest BCUT2D eigenvalue weighted by atomic mass is 16.5. The lowest BCUT2D eigenvalue weighted by Gasteiger charge is -2.30. The second-order valence-corrected chi connectivity index (χ2v) is 9.37. The Labute approximate surface area is 218 Å². The van der Waals surface area contributed by atoms with Crippen molar-refractivity contribution in [2.75, 3.05) is 24.6 Å². The number of hydrogen-bond donors (Lipinski definition) is 1. The van der Waals surface area contributed by atoms with Gasteiger partial charge in [0.2, 0.25) is 0 Å². The topological polar surface area (TPSA) is 83.0 Å². The van der Waals surface area contributed by atoms with E-state index in [0.717, 1.165) is 61.2 Å². The van der Waals surface area contributed by atoms with Crippen molar-refractivity contribution >= 4 is 17.6 Å². The van der Waals surface area contributed by atoms with Crippen LogP contribution < -0.4 is 9.64 Å². The summed E-state index contributed by atoms with van der Waals surface area (Å²) in [6, 6.07) is 16.7. The molecule has 7 heteroatoms. The first kappa shape index (κ1) is 26.4. The summed E-state index contributed by atoms with van der Waals surface area (Å²) in [5, 5.41) is 9.73. The first-order chi connectivity index (χ1) is 18.1. The monoisotopic (exact) mass is 501 g/mol. The number of carboxylic acids is 1. The summed E-state index contributed by atoms with van der Waals surface area (Å²) in [5.41, 5.74) is 3.41. The minimum Gasteiger partial charge on any atom is -0.494 e. The zero-order valence-electron chi connectivity index (χ0n) is 21.4. The fraction of sp³-hybridized carbons (Fsp3) is 0.367. The van der Waals surface area contributed by atoms with Crippen LogP contribution in [0.4, 0.5) is 5.69 Å². The molecular weight excluding hydrogens is 466 g/mol. The Kier molecular flexibility index (Phi) is 9.27. The van der Waals surface area contributed by atoms with Crippen LogP contribution in [0, 0.1) is 0 Å². The van der Waals surface area contributed by atoms with Gasteiger partial charge in [0.15, 0.2) is 0 Å². The molecule has 1 aliphatic heterocycles. The number of carboxylic acid groups (broad SMARTS) is 1. The smallest absolute Gasteiger partial charge is 0.335 e. The van der Waals surface area contributed by atoms with E-state index >= 15 is 0 Å². The van der Waals surface area contributed by atoms with E-state index in [1.807, 2.05) is 25.1 Å². The van der Waals surface area contributed by atoms with Gasteiger partial charge in [-0.1, -0.05) is 37.5 Å². The molecule has 1 aromatic heterocycles. The Hall–Kier alpha value is -3.71. The van der Waals surface area contributed by atoms with Crippen LogP contribution in [0.2, 0.25) is 0 Å². The largest absolute Gasteiger partial charge is 0.494 e. The minimum absolute atomic E-state index is 0.122. The van der Waals surface area contributed by atoms with E-state index in [-0.39, 0.29) is 11.5 Å². The average molecular weight is 502 g/mol. The van der Waals surface area contributed by atoms with Crippen LogP contribution in [0.1, 0.15) is 70.9 Å². The maximum atomic E-state index is 13.6. The van der Waals surface area contributed by atoms with Gasteiger partial charge in [0.25, 0.3) is 5.91 Å². The van der Waals surface area contributed by atoms with Crippen molar-refractivity contribution in [1.29, 1.82) is 0 Å². The van der Waals surface area contributed by atoms with Gasteiger partial charge in [-0.2, -0.15) is 0 Å². The molecule has 194 valence electrons. The van der Waals surface area contributed by atoms with Crippen molar-refractivity contribution in [3.8, 4) is 5.75 Å². The van der Waals surface area contributed by atoms with Crippen molar-refractivity contribution in [2.24, 2.45) is 0 Å². The number of rotatable bonds is 6. The first-order valence-electron chi connectivity index (χ1n) is 13.1. The number of ether oxygens (including phenoxy) is 1. The van der Waals surface area contributed by atoms with Gasteiger partial charge in [0, 0.05) is 43.3 Å². The fourth-order valence-electron chi connectivity index (χ4n) is 4.85. The van der Waals surface area contributed by atoms with Gasteiger partial charge in [0.1, 0.15) is 5.75 Å². The number of carbonyl (C=O) groups is 2. The van der Waals surface area contributed by atoms with Crippen LogP contribution >= 0.6 is 0 Å². The van der Waals surface area contributed by atoms with Crippen molar-refractivity contribution in [3.05, 3.63) is 89.2 Å². The number of pyridine rings is 1. The highest BCUT2D eigenvalue weighted by molar-refractivity contribution is 6.06. The van der Waals surface area contributed by atoms with E-state index < -0.39 is 5.97 Å². The van der Waals surface area contributed by atoms with E-state index in [1.165, 1.54) is 0 Å². The Balaban J connectivity index is 1.73. The van der Waals surface area contributed by atoms with Gasteiger partial charge >= 0.3 is 5.97 Å². The van der Waals surface area contributed by atoms with Crippen LogP contribution in [-0.2, 0) is 13.1 Å². The normalized spacial score (nSPS) is 15.2. The average Bonchev–Trinajstić information content (AvgIpc) is 2.91. The zero-order chi connectivity index (χ0) is 26.0. The predicted molar refractivity (Wildman–Crippen MR) is 144 cm³/mol. The number of benzene rings is 2. The maximum absolute atomic E-state index is 13.6. The maximum Gasteiger partial charge on any atom is 0.335 e. The van der Waals surface area contributed by atoms with E-state index in [4.69, 9.17) is 4.74 Å². The second kappa shape index (κ2) is 13.0. The number of aromatic carboxylic acids is 1. The Morgan fingerprint density at radius 3 is 2.49 bits per heavy atom. The quantitative estimate of drug-likeness (QED) is 0.460. The molecule has 0 bridgehead atoms. The molecule has 1 aliphatic rings. The molecule has 0 unspecified atom stereocenters. The number of aromatic nitrogens is 1. The summed E-state index contributed by atoms with van der Waals surface area (Å²) in [7, 11) is 0. The number of fused-ring (bicyclic) bond motifs is 1. The van der Waals surface area contributed by atoms with Crippen molar-refractivity contribution < 1.29 is 19.4 Å². The number of carbonyl (C=O) groups excluding carboxylic acids is 1. The van der Waals surface area contributed by atoms with E-state index in [1.54, 1.807) is 47.6 Å². The molecule has 2 heterocycles. The summed E-state index contributed by atoms with van der Waals surface area (Å²) in [6.07, 6.45) is 8.44. The van der Waals surface area contributed by atoms with Crippen molar-refractivity contribution in [3.63, 3.8) is 0 Å². The number of amides is 1. The molecule has 0 spiro atoms. The van der Waals surface area contributed by atoms with Crippen LogP contribution in [0.3, 0.4) is 0 Å². The number of nitrogens with zero attached hydrogens (tertiary/aromatic N) is 3. The SMILES string of the molecule is CCOc1ccccc1CN1CCCCCCCN(C(=O)c2cccnc2)c2ccc(C(=O)O)cc2C1. The first-order valence-corrected chi connectivity index (χ1v) is 13.1. The Morgan fingerprint density at radius 2 is 1.73 bits per heavy atom. The molecular formula is C30H35N3O4. The summed E-state index contributed by atoms with van der Waals surface area (Å²) >= 11 is 0. The predicted octanol–water partition coefficient (Wildman–Crippen LogP) is 5.79. The summed E-state index contributed by atoms with van der Waals surface area (Å²) in [4.78, 5) is 33.8. The molecule has 1 N–H and O–H groups in total. The molecule has 0 fully saturated rings. The van der Waals surface area contributed by atoms with Gasteiger partial charge in [-0.05, 0) is 68.3 Å². The molecule has 0 radical (unpaired) electrons. The van der Waals surface area contributed by atoms with Crippen LogP contribution in [-0.4, -0.2) is 46.6 Å². The number of hydrogen-bond acceptors (Lipinski definition) is 5. The van der Waals surface area contributed by atoms with Crippen molar-refractivity contribution in [1.82, 2.24) is 9.88 Å². The molecule has 3 aromatic rings. The van der Waals surface area contributed by atoms with E-state index in [0.29, 0.717) is 31.8 Å². The lowest BCUT2D eigenvalue weighted by molar-refractivity contribution is 0.0696.